The summed E-state index contributed by atoms with van der Waals surface area (Å²) in [6.45, 7) is 0.437. The van der Waals surface area contributed by atoms with Crippen molar-refractivity contribution >= 4 is 5.91 Å². The van der Waals surface area contributed by atoms with Crippen molar-refractivity contribution in [2.45, 2.75) is 6.54 Å². The van der Waals surface area contributed by atoms with E-state index in [-0.39, 0.29) is 19.0 Å². The van der Waals surface area contributed by atoms with Crippen LogP contribution in [0.4, 0.5) is 8.78 Å². The van der Waals surface area contributed by atoms with Gasteiger partial charge in [-0.2, -0.15) is 0 Å². The molecular weight excluding hydrogens is 214 g/mol. The lowest BCUT2D eigenvalue weighted by Crippen LogP contribution is -2.32. The normalized spacial score (nSPS) is 10.6. The van der Waals surface area contributed by atoms with Crippen molar-refractivity contribution in [3.63, 3.8) is 0 Å². The molecule has 88 valence electrons. The maximum Gasteiger partial charge on any atom is 0.233 e. The van der Waals surface area contributed by atoms with Crippen molar-refractivity contribution in [2.24, 2.45) is 0 Å². The van der Waals surface area contributed by atoms with Crippen LogP contribution in [0.15, 0.2) is 18.2 Å². The summed E-state index contributed by atoms with van der Waals surface area (Å²) in [4.78, 5) is 12.7. The predicted molar refractivity (Wildman–Crippen MR) is 56.8 cm³/mol. The molecule has 0 aliphatic rings. The first-order valence-corrected chi connectivity index (χ1v) is 4.86. The highest BCUT2D eigenvalue weighted by atomic mass is 19.1. The fourth-order valence-electron chi connectivity index (χ4n) is 1.32. The summed E-state index contributed by atoms with van der Waals surface area (Å²) in [5.74, 6) is -1.34. The van der Waals surface area contributed by atoms with Crippen LogP contribution < -0.4 is 5.32 Å². The first kappa shape index (κ1) is 12.6. The number of amides is 1. The fourth-order valence-corrected chi connectivity index (χ4v) is 1.32. The predicted octanol–water partition coefficient (Wildman–Crippen LogP) is 1.14. The van der Waals surface area contributed by atoms with Crippen LogP contribution >= 0.6 is 0 Å². The Hall–Kier alpha value is -1.49. The highest BCUT2D eigenvalue weighted by Gasteiger charge is 2.09. The summed E-state index contributed by atoms with van der Waals surface area (Å²) in [5, 5.41) is 2.47. The third-order valence-corrected chi connectivity index (χ3v) is 2.15. The lowest BCUT2D eigenvalue weighted by Gasteiger charge is -2.15. The van der Waals surface area contributed by atoms with E-state index in [1.807, 2.05) is 0 Å². The molecule has 0 radical (unpaired) electrons. The number of rotatable bonds is 4. The van der Waals surface area contributed by atoms with Crippen molar-refractivity contribution in [3.05, 3.63) is 35.4 Å². The lowest BCUT2D eigenvalue weighted by atomic mass is 10.2. The van der Waals surface area contributed by atoms with Crippen molar-refractivity contribution in [1.82, 2.24) is 10.2 Å². The third-order valence-electron chi connectivity index (χ3n) is 2.15. The summed E-state index contributed by atoms with van der Waals surface area (Å²) in [6.07, 6.45) is 0. The molecule has 3 nitrogen and oxygen atoms in total. The molecule has 1 rings (SSSR count). The number of carbonyl (C=O) groups excluding carboxylic acids is 1. The van der Waals surface area contributed by atoms with Gasteiger partial charge in [-0.05, 0) is 13.1 Å². The van der Waals surface area contributed by atoms with Crippen molar-refractivity contribution in [3.8, 4) is 0 Å². The van der Waals surface area contributed by atoms with E-state index in [1.54, 1.807) is 11.9 Å². The maximum absolute atomic E-state index is 13.3. The van der Waals surface area contributed by atoms with Gasteiger partial charge >= 0.3 is 0 Å². The van der Waals surface area contributed by atoms with Gasteiger partial charge in [-0.15, -0.1) is 0 Å². The van der Waals surface area contributed by atoms with Gasteiger partial charge in [0.1, 0.15) is 11.6 Å². The maximum atomic E-state index is 13.3. The summed E-state index contributed by atoms with van der Waals surface area (Å²) in [5.41, 5.74) is 0.368. The molecule has 16 heavy (non-hydrogen) atoms. The number of hydrogen-bond acceptors (Lipinski definition) is 2. The first-order chi connectivity index (χ1) is 7.52. The van der Waals surface area contributed by atoms with Gasteiger partial charge in [0.25, 0.3) is 0 Å². The van der Waals surface area contributed by atoms with Crippen LogP contribution in [0.1, 0.15) is 5.56 Å². The number of likely N-dealkylation sites (N-methyl/N-ethyl adjacent to an activating group) is 2. The third kappa shape index (κ3) is 3.58. The smallest absolute Gasteiger partial charge is 0.233 e. The van der Waals surface area contributed by atoms with Gasteiger partial charge in [0, 0.05) is 25.2 Å². The molecule has 5 heteroatoms. The zero-order chi connectivity index (χ0) is 12.1. The van der Waals surface area contributed by atoms with E-state index >= 15 is 0 Å². The Kier molecular flexibility index (Phi) is 4.37. The van der Waals surface area contributed by atoms with Crippen LogP contribution in [0.3, 0.4) is 0 Å². The molecule has 0 unspecified atom stereocenters. The minimum atomic E-state index is -0.602. The average molecular weight is 228 g/mol. The number of nitrogens with zero attached hydrogens (tertiary/aromatic N) is 1. The molecule has 1 amide bonds. The Labute approximate surface area is 93.1 Å². The Morgan fingerprint density at radius 2 is 2.12 bits per heavy atom. The Balaban J connectivity index is 2.62. The van der Waals surface area contributed by atoms with E-state index in [2.05, 4.69) is 5.32 Å². The molecule has 0 spiro atoms. The van der Waals surface area contributed by atoms with Crippen LogP contribution in [-0.2, 0) is 11.3 Å². The number of hydrogen-bond donors (Lipinski definition) is 1. The molecular formula is C11H14F2N2O. The highest BCUT2D eigenvalue weighted by molar-refractivity contribution is 5.77. The van der Waals surface area contributed by atoms with Crippen LogP contribution in [0, 0.1) is 11.6 Å². The molecule has 1 aromatic rings. The monoisotopic (exact) mass is 228 g/mol. The largest absolute Gasteiger partial charge is 0.358 e. The zero-order valence-electron chi connectivity index (χ0n) is 9.26. The van der Waals surface area contributed by atoms with Crippen LogP contribution in [0.25, 0.3) is 0 Å². The highest BCUT2D eigenvalue weighted by Crippen LogP contribution is 2.11. The van der Waals surface area contributed by atoms with Gasteiger partial charge in [0.2, 0.25) is 5.91 Å². The second-order valence-corrected chi connectivity index (χ2v) is 3.58. The van der Waals surface area contributed by atoms with Gasteiger partial charge in [0.05, 0.1) is 6.54 Å². The minimum Gasteiger partial charge on any atom is -0.358 e. The number of halogens is 2. The van der Waals surface area contributed by atoms with E-state index in [0.717, 1.165) is 6.07 Å². The molecule has 1 N–H and O–H groups in total. The van der Waals surface area contributed by atoms with Gasteiger partial charge in [-0.3, -0.25) is 9.69 Å². The molecule has 0 saturated carbocycles. The standard InChI is InChI=1S/C11H14F2N2O/c1-14-11(16)7-15(2)6-8-3-4-9(12)5-10(8)13/h3-5H,6-7H2,1-2H3,(H,14,16). The average Bonchev–Trinajstić information content (AvgIpc) is 2.22. The van der Waals surface area contributed by atoms with Gasteiger partial charge in [-0.25, -0.2) is 8.78 Å². The second-order valence-electron chi connectivity index (χ2n) is 3.58. The van der Waals surface area contributed by atoms with Crippen molar-refractivity contribution < 1.29 is 13.6 Å². The zero-order valence-corrected chi connectivity index (χ0v) is 9.26. The molecule has 0 atom stereocenters. The summed E-state index contributed by atoms with van der Waals surface area (Å²) >= 11 is 0. The fraction of sp³-hybridized carbons (Fsp3) is 0.364. The summed E-state index contributed by atoms with van der Waals surface area (Å²) in [7, 11) is 3.23. The molecule has 0 aliphatic heterocycles. The van der Waals surface area contributed by atoms with E-state index in [4.69, 9.17) is 0 Å². The lowest BCUT2D eigenvalue weighted by molar-refractivity contribution is -0.121. The Morgan fingerprint density at radius 3 is 2.69 bits per heavy atom. The van der Waals surface area contributed by atoms with Gasteiger partial charge in [-0.1, -0.05) is 6.07 Å². The first-order valence-electron chi connectivity index (χ1n) is 4.86. The quantitative estimate of drug-likeness (QED) is 0.838. The van der Waals surface area contributed by atoms with Gasteiger partial charge in [0.15, 0.2) is 0 Å². The van der Waals surface area contributed by atoms with Crippen LogP contribution in [-0.4, -0.2) is 31.4 Å². The molecule has 0 saturated heterocycles. The van der Waals surface area contributed by atoms with Gasteiger partial charge < -0.3 is 5.32 Å². The van der Waals surface area contributed by atoms with Crippen molar-refractivity contribution in [2.75, 3.05) is 20.6 Å². The second kappa shape index (κ2) is 5.55. The van der Waals surface area contributed by atoms with E-state index in [1.165, 1.54) is 19.2 Å². The summed E-state index contributed by atoms with van der Waals surface area (Å²) < 4.78 is 25.9. The van der Waals surface area contributed by atoms with E-state index in [9.17, 15) is 13.6 Å². The SMILES string of the molecule is CNC(=O)CN(C)Cc1ccc(F)cc1F. The molecule has 0 fully saturated rings. The summed E-state index contributed by atoms with van der Waals surface area (Å²) in [6, 6.07) is 3.42. The number of carbonyl (C=O) groups is 1. The molecule has 0 heterocycles. The number of nitrogens with one attached hydrogen (secondary N) is 1. The number of benzene rings is 1. The minimum absolute atomic E-state index is 0.148. The Morgan fingerprint density at radius 1 is 1.44 bits per heavy atom. The molecule has 0 aromatic heterocycles. The molecule has 1 aromatic carbocycles. The van der Waals surface area contributed by atoms with Crippen molar-refractivity contribution in [1.29, 1.82) is 0 Å². The van der Waals surface area contributed by atoms with Crippen LogP contribution in [0.2, 0.25) is 0 Å². The van der Waals surface area contributed by atoms with Crippen LogP contribution in [0.5, 0.6) is 0 Å². The van der Waals surface area contributed by atoms with E-state index < -0.39 is 11.6 Å². The molecule has 0 bridgehead atoms. The Bertz CT molecular complexity index is 382. The topological polar surface area (TPSA) is 32.3 Å². The molecule has 0 aliphatic carbocycles. The van der Waals surface area contributed by atoms with E-state index in [0.29, 0.717) is 5.56 Å².